The van der Waals surface area contributed by atoms with Crippen molar-refractivity contribution in [3.8, 4) is 0 Å². The second kappa shape index (κ2) is 8.54. The third-order valence-corrected chi connectivity index (χ3v) is 4.69. The number of anilines is 1. The lowest BCUT2D eigenvalue weighted by molar-refractivity contribution is 0.0491. The van der Waals surface area contributed by atoms with Crippen molar-refractivity contribution < 1.29 is 4.74 Å². The third kappa shape index (κ3) is 5.45. The van der Waals surface area contributed by atoms with Crippen LogP contribution < -0.4 is 4.90 Å². The molecule has 1 aromatic carbocycles. The Labute approximate surface area is 169 Å². The molecule has 0 amide bonds. The quantitative estimate of drug-likeness (QED) is 0.630. The fourth-order valence-corrected chi connectivity index (χ4v) is 3.47. The third-order valence-electron chi connectivity index (χ3n) is 4.69. The van der Waals surface area contributed by atoms with Crippen LogP contribution in [0.2, 0.25) is 0 Å². The molecule has 1 aliphatic heterocycles. The second-order valence-corrected chi connectivity index (χ2v) is 7.77. The van der Waals surface area contributed by atoms with Crippen LogP contribution in [-0.2, 0) is 4.74 Å². The van der Waals surface area contributed by atoms with Crippen molar-refractivity contribution in [3.63, 3.8) is 0 Å². The van der Waals surface area contributed by atoms with Crippen LogP contribution >= 0.6 is 24.0 Å². The summed E-state index contributed by atoms with van der Waals surface area (Å²) in [5.74, 6) is 0. The molecule has 4 nitrogen and oxygen atoms in total. The summed E-state index contributed by atoms with van der Waals surface area (Å²) < 4.78 is 5.50. The summed E-state index contributed by atoms with van der Waals surface area (Å²) in [6, 6.07) is 8.43. The molecule has 1 heterocycles. The van der Waals surface area contributed by atoms with E-state index in [-0.39, 0.29) is 29.4 Å². The number of allylic oxidation sites excluding steroid dienone is 2. The van der Waals surface area contributed by atoms with E-state index in [0.29, 0.717) is 0 Å². The number of aliphatic imine (C=N–C) groups is 1. The van der Waals surface area contributed by atoms with Gasteiger partial charge in [-0.15, -0.1) is 24.0 Å². The Bertz CT molecular complexity index is 646. The van der Waals surface area contributed by atoms with Crippen molar-refractivity contribution in [2.75, 3.05) is 45.3 Å². The number of ether oxygens (including phenoxy) is 1. The standard InChI is InChI=1S/C20H29N3O.HI/c1-20(2)14-17(13-19(15-20)23-8-10-24-11-9-23)21-16-6-5-7-18(12-16)22(3)4;/h5-7,12-13H,8-11,14-15H2,1-4H3;1H. The van der Waals surface area contributed by atoms with E-state index in [2.05, 4.69) is 68.1 Å². The molecule has 1 saturated heterocycles. The Morgan fingerprint density at radius 1 is 1.12 bits per heavy atom. The highest BCUT2D eigenvalue weighted by atomic mass is 127. The van der Waals surface area contributed by atoms with Crippen LogP contribution in [-0.4, -0.2) is 51.0 Å². The molecule has 0 unspecified atom stereocenters. The molecule has 0 radical (unpaired) electrons. The van der Waals surface area contributed by atoms with Crippen LogP contribution in [0.3, 0.4) is 0 Å². The Hall–Kier alpha value is -1.08. The molecule has 5 heteroatoms. The van der Waals surface area contributed by atoms with Crippen molar-refractivity contribution in [1.82, 2.24) is 4.90 Å². The molecule has 0 aromatic heterocycles. The summed E-state index contributed by atoms with van der Waals surface area (Å²) in [5.41, 5.74) is 5.07. The first-order valence-electron chi connectivity index (χ1n) is 8.81. The average molecular weight is 455 g/mol. The second-order valence-electron chi connectivity index (χ2n) is 7.77. The predicted molar refractivity (Wildman–Crippen MR) is 117 cm³/mol. The Morgan fingerprint density at radius 3 is 2.52 bits per heavy atom. The Kier molecular flexibility index (Phi) is 6.91. The van der Waals surface area contributed by atoms with Gasteiger partial charge in [0.2, 0.25) is 0 Å². The lowest BCUT2D eigenvalue weighted by Crippen LogP contribution is -2.39. The van der Waals surface area contributed by atoms with Crippen LogP contribution in [0.15, 0.2) is 41.0 Å². The molecule has 0 atom stereocenters. The number of morpholine rings is 1. The molecule has 0 saturated carbocycles. The molecular formula is C20H30IN3O. The monoisotopic (exact) mass is 455 g/mol. The summed E-state index contributed by atoms with van der Waals surface area (Å²) in [7, 11) is 4.12. The topological polar surface area (TPSA) is 28.1 Å². The SMILES string of the molecule is CN(C)c1cccc(N=C2C=C(N3CCOCC3)CC(C)(C)C2)c1.I. The molecular weight excluding hydrogens is 425 g/mol. The number of rotatable bonds is 3. The van der Waals surface area contributed by atoms with Crippen molar-refractivity contribution in [3.05, 3.63) is 36.0 Å². The molecule has 1 aliphatic carbocycles. The van der Waals surface area contributed by atoms with E-state index in [0.717, 1.165) is 44.8 Å². The van der Waals surface area contributed by atoms with Crippen molar-refractivity contribution >= 4 is 41.1 Å². The van der Waals surface area contributed by atoms with E-state index in [1.807, 2.05) is 0 Å². The Morgan fingerprint density at radius 2 is 1.84 bits per heavy atom. The smallest absolute Gasteiger partial charge is 0.0653 e. The van der Waals surface area contributed by atoms with Gasteiger partial charge >= 0.3 is 0 Å². The molecule has 1 aromatic rings. The predicted octanol–water partition coefficient (Wildman–Crippen LogP) is 4.48. The molecule has 2 aliphatic rings. The highest BCUT2D eigenvalue weighted by molar-refractivity contribution is 14.0. The molecule has 0 bridgehead atoms. The van der Waals surface area contributed by atoms with Crippen molar-refractivity contribution in [2.24, 2.45) is 10.4 Å². The van der Waals surface area contributed by atoms with Gasteiger partial charge in [0.05, 0.1) is 18.9 Å². The zero-order valence-electron chi connectivity index (χ0n) is 15.8. The maximum atomic E-state index is 5.50. The van der Waals surface area contributed by atoms with Gasteiger partial charge in [0.1, 0.15) is 0 Å². The first kappa shape index (κ1) is 20.2. The summed E-state index contributed by atoms with van der Waals surface area (Å²) in [6.45, 7) is 8.32. The van der Waals surface area contributed by atoms with Crippen molar-refractivity contribution in [2.45, 2.75) is 26.7 Å². The van der Waals surface area contributed by atoms with Gasteiger partial charge in [-0.1, -0.05) is 19.9 Å². The highest BCUT2D eigenvalue weighted by Gasteiger charge is 2.29. The normalized spacial score (nSPS) is 21.5. The number of nitrogens with zero attached hydrogens (tertiary/aromatic N) is 3. The van der Waals surface area contributed by atoms with Crippen LogP contribution in [0, 0.1) is 5.41 Å². The van der Waals surface area contributed by atoms with Gasteiger partial charge in [0, 0.05) is 44.3 Å². The van der Waals surface area contributed by atoms with E-state index < -0.39 is 0 Å². The minimum absolute atomic E-state index is 0. The van der Waals surface area contributed by atoms with Gasteiger partial charge in [-0.05, 0) is 42.5 Å². The zero-order chi connectivity index (χ0) is 17.2. The van der Waals surface area contributed by atoms with Gasteiger partial charge in [-0.3, -0.25) is 4.99 Å². The number of halogens is 1. The number of benzene rings is 1. The zero-order valence-corrected chi connectivity index (χ0v) is 18.1. The summed E-state index contributed by atoms with van der Waals surface area (Å²) in [5, 5.41) is 0. The lowest BCUT2D eigenvalue weighted by atomic mass is 9.78. The minimum atomic E-state index is 0. The van der Waals surface area contributed by atoms with Crippen LogP contribution in [0.25, 0.3) is 0 Å². The fraction of sp³-hybridized carbons (Fsp3) is 0.550. The fourth-order valence-electron chi connectivity index (χ4n) is 3.47. The summed E-state index contributed by atoms with van der Waals surface area (Å²) in [4.78, 5) is 9.54. The first-order chi connectivity index (χ1) is 11.4. The minimum Gasteiger partial charge on any atom is -0.378 e. The van der Waals surface area contributed by atoms with Gasteiger partial charge in [0.15, 0.2) is 0 Å². The van der Waals surface area contributed by atoms with Gasteiger partial charge in [-0.25, -0.2) is 0 Å². The molecule has 25 heavy (non-hydrogen) atoms. The van der Waals surface area contributed by atoms with Crippen LogP contribution in [0.4, 0.5) is 11.4 Å². The van der Waals surface area contributed by atoms with E-state index >= 15 is 0 Å². The molecule has 0 spiro atoms. The van der Waals surface area contributed by atoms with Gasteiger partial charge < -0.3 is 14.5 Å². The van der Waals surface area contributed by atoms with Gasteiger partial charge in [0.25, 0.3) is 0 Å². The largest absolute Gasteiger partial charge is 0.378 e. The summed E-state index contributed by atoms with van der Waals surface area (Å²) in [6.07, 6.45) is 4.44. The van der Waals surface area contributed by atoms with Crippen LogP contribution in [0.5, 0.6) is 0 Å². The molecule has 3 rings (SSSR count). The molecule has 1 fully saturated rings. The van der Waals surface area contributed by atoms with E-state index in [1.54, 1.807) is 0 Å². The lowest BCUT2D eigenvalue weighted by Gasteiger charge is -2.38. The highest BCUT2D eigenvalue weighted by Crippen LogP contribution is 2.36. The molecule has 0 N–H and O–H groups in total. The number of hydrogen-bond donors (Lipinski definition) is 0. The maximum absolute atomic E-state index is 5.50. The van der Waals surface area contributed by atoms with E-state index in [1.165, 1.54) is 17.1 Å². The number of hydrogen-bond acceptors (Lipinski definition) is 4. The maximum Gasteiger partial charge on any atom is 0.0653 e. The Balaban J connectivity index is 0.00000225. The summed E-state index contributed by atoms with van der Waals surface area (Å²) >= 11 is 0. The van der Waals surface area contributed by atoms with Gasteiger partial charge in [-0.2, -0.15) is 0 Å². The molecule has 138 valence electrons. The van der Waals surface area contributed by atoms with E-state index in [9.17, 15) is 0 Å². The van der Waals surface area contributed by atoms with Crippen molar-refractivity contribution in [1.29, 1.82) is 0 Å². The average Bonchev–Trinajstić information content (AvgIpc) is 2.54. The van der Waals surface area contributed by atoms with E-state index in [4.69, 9.17) is 9.73 Å². The first-order valence-corrected chi connectivity index (χ1v) is 8.81. The van der Waals surface area contributed by atoms with Crippen LogP contribution in [0.1, 0.15) is 26.7 Å².